The zero-order valence-corrected chi connectivity index (χ0v) is 19.7. The van der Waals surface area contributed by atoms with E-state index in [0.29, 0.717) is 17.5 Å². The number of nitrogens with one attached hydrogen (secondary N) is 1. The summed E-state index contributed by atoms with van der Waals surface area (Å²) in [7, 11) is -2.19. The highest BCUT2D eigenvalue weighted by atomic mass is 32.2. The molecule has 0 aliphatic rings. The number of ether oxygens (including phenoxy) is 2. The van der Waals surface area contributed by atoms with Gasteiger partial charge in [0.1, 0.15) is 16.5 Å². The highest BCUT2D eigenvalue weighted by Crippen LogP contribution is 2.26. The summed E-state index contributed by atoms with van der Waals surface area (Å²) in [5.41, 5.74) is 0.757. The van der Waals surface area contributed by atoms with E-state index in [1.54, 1.807) is 31.4 Å². The molecule has 0 atom stereocenters. The molecule has 1 N–H and O–H groups in total. The zero-order chi connectivity index (χ0) is 23.4. The molecule has 12 heteroatoms. The average Bonchev–Trinajstić information content (AvgIpc) is 3.48. The first kappa shape index (κ1) is 22.7. The van der Waals surface area contributed by atoms with Gasteiger partial charge in [0, 0.05) is 11.5 Å². The van der Waals surface area contributed by atoms with Crippen molar-refractivity contribution in [2.24, 2.45) is 0 Å². The lowest BCUT2D eigenvalue weighted by Gasteiger charge is -2.07. The standard InChI is InChI=1S/C21H21N5O5S2/c1-13(2)20-23-24-21(32-20)26-33(27,28)17-10-8-16(9-11-17)30-12-18-22-19(31-25-18)14-4-6-15(29-3)7-5-14/h4-11,13H,12H2,1-3H3,(H,24,26). The molecule has 4 rings (SSSR count). The summed E-state index contributed by atoms with van der Waals surface area (Å²) in [4.78, 5) is 4.39. The molecule has 0 radical (unpaired) electrons. The molecule has 0 saturated heterocycles. The lowest BCUT2D eigenvalue weighted by molar-refractivity contribution is 0.287. The molecule has 172 valence electrons. The molecule has 0 fully saturated rings. The first-order valence-electron chi connectivity index (χ1n) is 9.90. The molecule has 0 amide bonds. The second-order valence-corrected chi connectivity index (χ2v) is 9.90. The minimum absolute atomic E-state index is 0.0623. The Bertz CT molecular complexity index is 1320. The Hall–Kier alpha value is -3.51. The van der Waals surface area contributed by atoms with Crippen LogP contribution in [0.2, 0.25) is 0 Å². The molecule has 0 unspecified atom stereocenters. The van der Waals surface area contributed by atoms with Gasteiger partial charge in [-0.15, -0.1) is 10.2 Å². The van der Waals surface area contributed by atoms with E-state index in [1.165, 1.54) is 23.5 Å². The fourth-order valence-corrected chi connectivity index (χ4v) is 4.69. The lowest BCUT2D eigenvalue weighted by atomic mass is 10.2. The molecule has 0 spiro atoms. The van der Waals surface area contributed by atoms with Gasteiger partial charge in [0.05, 0.1) is 12.0 Å². The van der Waals surface area contributed by atoms with E-state index in [9.17, 15) is 8.42 Å². The third-order valence-corrected chi connectivity index (χ3v) is 7.09. The molecule has 2 heterocycles. The van der Waals surface area contributed by atoms with Crippen LogP contribution in [-0.4, -0.2) is 35.9 Å². The van der Waals surface area contributed by atoms with Gasteiger partial charge in [0.15, 0.2) is 6.61 Å². The van der Waals surface area contributed by atoms with E-state index in [1.807, 2.05) is 26.0 Å². The summed E-state index contributed by atoms with van der Waals surface area (Å²) >= 11 is 1.21. The smallest absolute Gasteiger partial charge is 0.263 e. The molecular formula is C21H21N5O5S2. The Morgan fingerprint density at radius 1 is 1.03 bits per heavy atom. The summed E-state index contributed by atoms with van der Waals surface area (Å²) < 4.78 is 43.7. The maximum atomic E-state index is 12.6. The molecule has 10 nitrogen and oxygen atoms in total. The maximum absolute atomic E-state index is 12.6. The largest absolute Gasteiger partial charge is 0.497 e. The molecular weight excluding hydrogens is 466 g/mol. The number of methoxy groups -OCH3 is 1. The van der Waals surface area contributed by atoms with Crippen LogP contribution in [0.25, 0.3) is 11.5 Å². The molecule has 2 aromatic heterocycles. The van der Waals surface area contributed by atoms with Crippen molar-refractivity contribution in [1.82, 2.24) is 20.3 Å². The Kier molecular flexibility index (Phi) is 6.56. The van der Waals surface area contributed by atoms with Crippen LogP contribution < -0.4 is 14.2 Å². The molecule has 0 aliphatic heterocycles. The van der Waals surface area contributed by atoms with Gasteiger partial charge in [-0.3, -0.25) is 4.72 Å². The average molecular weight is 488 g/mol. The van der Waals surface area contributed by atoms with Gasteiger partial charge < -0.3 is 14.0 Å². The van der Waals surface area contributed by atoms with Crippen molar-refractivity contribution in [2.45, 2.75) is 31.3 Å². The van der Waals surface area contributed by atoms with E-state index >= 15 is 0 Å². The highest BCUT2D eigenvalue weighted by Gasteiger charge is 2.18. The summed E-state index contributed by atoms with van der Waals surface area (Å²) in [6, 6.07) is 13.2. The molecule has 0 saturated carbocycles. The second-order valence-electron chi connectivity index (χ2n) is 7.21. The van der Waals surface area contributed by atoms with Gasteiger partial charge in [-0.2, -0.15) is 4.98 Å². The number of rotatable bonds is 9. The Morgan fingerprint density at radius 2 is 1.73 bits per heavy atom. The summed E-state index contributed by atoms with van der Waals surface area (Å²) in [6.45, 7) is 3.99. The number of hydrogen-bond donors (Lipinski definition) is 1. The Labute approximate surface area is 194 Å². The maximum Gasteiger partial charge on any atom is 0.263 e. The third-order valence-electron chi connectivity index (χ3n) is 4.46. The monoisotopic (exact) mass is 487 g/mol. The first-order valence-corrected chi connectivity index (χ1v) is 12.2. The number of sulfonamides is 1. The van der Waals surface area contributed by atoms with Crippen molar-refractivity contribution in [3.8, 4) is 23.0 Å². The number of hydrogen-bond acceptors (Lipinski definition) is 10. The zero-order valence-electron chi connectivity index (χ0n) is 18.0. The van der Waals surface area contributed by atoms with E-state index in [0.717, 1.165) is 16.3 Å². The van der Waals surface area contributed by atoms with Crippen LogP contribution in [0.15, 0.2) is 57.9 Å². The van der Waals surface area contributed by atoms with Crippen molar-refractivity contribution in [1.29, 1.82) is 0 Å². The quantitative estimate of drug-likeness (QED) is 0.371. The van der Waals surface area contributed by atoms with E-state index in [2.05, 4.69) is 25.1 Å². The Balaban J connectivity index is 1.37. The van der Waals surface area contributed by atoms with Crippen molar-refractivity contribution in [3.63, 3.8) is 0 Å². The van der Waals surface area contributed by atoms with Crippen LogP contribution in [0.4, 0.5) is 5.13 Å². The van der Waals surface area contributed by atoms with E-state index in [4.69, 9.17) is 14.0 Å². The fourth-order valence-electron chi connectivity index (χ4n) is 2.71. The van der Waals surface area contributed by atoms with Gasteiger partial charge in [-0.25, -0.2) is 8.42 Å². The summed E-state index contributed by atoms with van der Waals surface area (Å²) in [5, 5.41) is 12.8. The Morgan fingerprint density at radius 3 is 2.36 bits per heavy atom. The third kappa shape index (κ3) is 5.46. The fraction of sp³-hybridized carbons (Fsp3) is 0.238. The van der Waals surface area contributed by atoms with Gasteiger partial charge in [0.25, 0.3) is 15.9 Å². The van der Waals surface area contributed by atoms with Crippen molar-refractivity contribution < 1.29 is 22.4 Å². The van der Waals surface area contributed by atoms with Crippen LogP contribution >= 0.6 is 11.3 Å². The van der Waals surface area contributed by atoms with Gasteiger partial charge in [-0.05, 0) is 48.5 Å². The predicted molar refractivity (Wildman–Crippen MR) is 122 cm³/mol. The number of benzene rings is 2. The van der Waals surface area contributed by atoms with Crippen molar-refractivity contribution in [2.75, 3.05) is 11.8 Å². The van der Waals surface area contributed by atoms with Crippen molar-refractivity contribution >= 4 is 26.5 Å². The van der Waals surface area contributed by atoms with Gasteiger partial charge >= 0.3 is 0 Å². The van der Waals surface area contributed by atoms with Crippen LogP contribution in [0.5, 0.6) is 11.5 Å². The summed E-state index contributed by atoms with van der Waals surface area (Å²) in [6.07, 6.45) is 0. The number of anilines is 1. The second kappa shape index (κ2) is 9.55. The summed E-state index contributed by atoms with van der Waals surface area (Å²) in [5.74, 6) is 2.08. The lowest BCUT2D eigenvalue weighted by Crippen LogP contribution is -2.12. The number of aromatic nitrogens is 4. The van der Waals surface area contributed by atoms with Crippen LogP contribution in [0.1, 0.15) is 30.6 Å². The van der Waals surface area contributed by atoms with E-state index in [-0.39, 0.29) is 22.6 Å². The molecule has 4 aromatic rings. The molecule has 33 heavy (non-hydrogen) atoms. The number of nitrogens with zero attached hydrogens (tertiary/aromatic N) is 4. The van der Waals surface area contributed by atoms with Gasteiger partial charge in [0.2, 0.25) is 11.0 Å². The van der Waals surface area contributed by atoms with Gasteiger partial charge in [-0.1, -0.05) is 30.3 Å². The predicted octanol–water partition coefficient (Wildman–Crippen LogP) is 4.10. The normalized spacial score (nSPS) is 11.5. The van der Waals surface area contributed by atoms with Crippen LogP contribution in [0, 0.1) is 0 Å². The molecule has 2 aromatic carbocycles. The topological polar surface area (TPSA) is 129 Å². The highest BCUT2D eigenvalue weighted by molar-refractivity contribution is 7.93. The SMILES string of the molecule is COc1ccc(-c2nc(COc3ccc(S(=O)(=O)Nc4nnc(C(C)C)s4)cc3)no2)cc1. The molecule has 0 bridgehead atoms. The molecule has 0 aliphatic carbocycles. The minimum Gasteiger partial charge on any atom is -0.497 e. The van der Waals surface area contributed by atoms with Crippen LogP contribution in [-0.2, 0) is 16.6 Å². The minimum atomic E-state index is -3.79. The van der Waals surface area contributed by atoms with E-state index < -0.39 is 10.0 Å². The van der Waals surface area contributed by atoms with Crippen molar-refractivity contribution in [3.05, 3.63) is 59.4 Å². The first-order chi connectivity index (χ1) is 15.8. The van der Waals surface area contributed by atoms with Crippen LogP contribution in [0.3, 0.4) is 0 Å².